The Morgan fingerprint density at radius 2 is 1.69 bits per heavy atom. The Hall–Kier alpha value is -2.53. The number of nitrogens with one attached hydrogen (secondary N) is 1. The van der Waals surface area contributed by atoms with Gasteiger partial charge in [0.05, 0.1) is 27.1 Å². The highest BCUT2D eigenvalue weighted by Gasteiger charge is 2.29. The number of amides is 1. The molecule has 0 bridgehead atoms. The molecule has 1 aliphatic rings. The second kappa shape index (κ2) is 8.87. The number of anilines is 1. The van der Waals surface area contributed by atoms with Gasteiger partial charge < -0.3 is 5.32 Å². The van der Waals surface area contributed by atoms with Crippen LogP contribution < -0.4 is 5.32 Å². The molecule has 1 fully saturated rings. The van der Waals surface area contributed by atoms with Gasteiger partial charge in [-0.3, -0.25) is 19.8 Å². The van der Waals surface area contributed by atoms with E-state index < -0.39 is 14.9 Å². The first-order chi connectivity index (χ1) is 13.8. The van der Waals surface area contributed by atoms with E-state index in [1.165, 1.54) is 28.6 Å². The summed E-state index contributed by atoms with van der Waals surface area (Å²) in [5, 5.41) is 13.9. The summed E-state index contributed by atoms with van der Waals surface area (Å²) in [6, 6.07) is 11.7. The van der Waals surface area contributed by atoms with Crippen LogP contribution in [0.2, 0.25) is 5.02 Å². The van der Waals surface area contributed by atoms with Gasteiger partial charge in [0, 0.05) is 38.3 Å². The van der Waals surface area contributed by atoms with E-state index in [0.29, 0.717) is 23.8 Å². The molecule has 1 N–H and O–H groups in total. The highest BCUT2D eigenvalue weighted by atomic mass is 35.5. The van der Waals surface area contributed by atoms with E-state index >= 15 is 0 Å². The Bertz CT molecular complexity index is 1010. The van der Waals surface area contributed by atoms with Crippen LogP contribution in [0.5, 0.6) is 0 Å². The molecule has 0 radical (unpaired) electrons. The quantitative estimate of drug-likeness (QED) is 0.546. The number of para-hydroxylation sites is 1. The summed E-state index contributed by atoms with van der Waals surface area (Å²) in [5.41, 5.74) is 0.358. The average Bonchev–Trinajstić information content (AvgIpc) is 2.70. The molecule has 154 valence electrons. The molecule has 11 heteroatoms. The Balaban J connectivity index is 1.56. The zero-order chi connectivity index (χ0) is 21.0. The fourth-order valence-electron chi connectivity index (χ4n) is 2.97. The van der Waals surface area contributed by atoms with E-state index in [0.717, 1.165) is 0 Å². The topological polar surface area (TPSA) is 113 Å². The molecule has 3 rings (SSSR count). The maximum Gasteiger partial charge on any atom is 0.269 e. The molecule has 0 spiro atoms. The number of piperazine rings is 1. The van der Waals surface area contributed by atoms with Crippen LogP contribution in [0.4, 0.5) is 11.4 Å². The van der Waals surface area contributed by atoms with Gasteiger partial charge in [0.2, 0.25) is 15.9 Å². The number of halogens is 1. The lowest BCUT2D eigenvalue weighted by Gasteiger charge is -2.33. The van der Waals surface area contributed by atoms with Crippen molar-refractivity contribution in [3.63, 3.8) is 0 Å². The Labute approximate surface area is 173 Å². The first-order valence-corrected chi connectivity index (χ1v) is 10.6. The van der Waals surface area contributed by atoms with Crippen molar-refractivity contribution >= 4 is 38.9 Å². The molecular formula is C18H19ClN4O5S. The van der Waals surface area contributed by atoms with E-state index in [1.54, 1.807) is 24.3 Å². The zero-order valence-corrected chi connectivity index (χ0v) is 16.9. The largest absolute Gasteiger partial charge is 0.324 e. The minimum Gasteiger partial charge on any atom is -0.324 e. The van der Waals surface area contributed by atoms with E-state index in [1.807, 2.05) is 4.90 Å². The molecule has 1 aliphatic heterocycles. The number of nitro groups is 1. The van der Waals surface area contributed by atoms with Crippen LogP contribution >= 0.6 is 11.6 Å². The number of benzene rings is 2. The van der Waals surface area contributed by atoms with Crippen molar-refractivity contribution in [1.29, 1.82) is 0 Å². The Morgan fingerprint density at radius 3 is 2.28 bits per heavy atom. The van der Waals surface area contributed by atoms with Gasteiger partial charge in [0.15, 0.2) is 0 Å². The molecule has 9 nitrogen and oxygen atoms in total. The van der Waals surface area contributed by atoms with Crippen LogP contribution in [0.15, 0.2) is 53.4 Å². The van der Waals surface area contributed by atoms with Crippen molar-refractivity contribution in [2.75, 3.05) is 38.0 Å². The second-order valence-corrected chi connectivity index (χ2v) is 8.80. The molecule has 1 heterocycles. The van der Waals surface area contributed by atoms with Crippen LogP contribution in [0.25, 0.3) is 0 Å². The van der Waals surface area contributed by atoms with Crippen LogP contribution in [-0.2, 0) is 14.8 Å². The van der Waals surface area contributed by atoms with Gasteiger partial charge in [-0.2, -0.15) is 4.31 Å². The summed E-state index contributed by atoms with van der Waals surface area (Å²) in [4.78, 5) is 24.2. The van der Waals surface area contributed by atoms with Crippen molar-refractivity contribution in [3.8, 4) is 0 Å². The molecule has 0 aliphatic carbocycles. The second-order valence-electron chi connectivity index (χ2n) is 6.46. The van der Waals surface area contributed by atoms with Crippen LogP contribution in [0, 0.1) is 10.1 Å². The van der Waals surface area contributed by atoms with Gasteiger partial charge in [-0.25, -0.2) is 8.42 Å². The van der Waals surface area contributed by atoms with Gasteiger partial charge in [0.25, 0.3) is 5.69 Å². The molecule has 0 unspecified atom stereocenters. The monoisotopic (exact) mass is 438 g/mol. The maximum atomic E-state index is 12.7. The lowest BCUT2D eigenvalue weighted by molar-refractivity contribution is -0.384. The summed E-state index contributed by atoms with van der Waals surface area (Å²) in [5.74, 6) is -0.232. The molecule has 2 aromatic carbocycles. The van der Waals surface area contributed by atoms with Crippen molar-refractivity contribution in [3.05, 3.63) is 63.7 Å². The van der Waals surface area contributed by atoms with Crippen molar-refractivity contribution in [1.82, 2.24) is 9.21 Å². The number of non-ortho nitro benzene ring substituents is 1. The van der Waals surface area contributed by atoms with Gasteiger partial charge in [-0.05, 0) is 24.3 Å². The predicted octanol–water partition coefficient (Wildman–Crippen LogP) is 2.19. The van der Waals surface area contributed by atoms with Gasteiger partial charge in [-0.1, -0.05) is 23.7 Å². The predicted molar refractivity (Wildman–Crippen MR) is 108 cm³/mol. The third-order valence-corrected chi connectivity index (χ3v) is 6.77. The third kappa shape index (κ3) is 5.10. The number of hydrogen-bond acceptors (Lipinski definition) is 6. The lowest BCUT2D eigenvalue weighted by Crippen LogP contribution is -2.50. The number of carbonyl (C=O) groups excluding carboxylic acids is 1. The molecule has 1 amide bonds. The van der Waals surface area contributed by atoms with Crippen molar-refractivity contribution in [2.45, 2.75) is 4.90 Å². The number of nitrogens with zero attached hydrogens (tertiary/aromatic N) is 3. The molecular weight excluding hydrogens is 420 g/mol. The summed E-state index contributed by atoms with van der Waals surface area (Å²) < 4.78 is 26.8. The number of rotatable bonds is 6. The average molecular weight is 439 g/mol. The van der Waals surface area contributed by atoms with Crippen LogP contribution in [-0.4, -0.2) is 61.2 Å². The molecule has 0 aromatic heterocycles. The van der Waals surface area contributed by atoms with E-state index in [2.05, 4.69) is 5.32 Å². The summed E-state index contributed by atoms with van der Waals surface area (Å²) >= 11 is 6.03. The normalized spacial score (nSPS) is 15.8. The van der Waals surface area contributed by atoms with Crippen LogP contribution in [0.1, 0.15) is 0 Å². The van der Waals surface area contributed by atoms with E-state index in [4.69, 9.17) is 11.6 Å². The van der Waals surface area contributed by atoms with Gasteiger partial charge in [-0.15, -0.1) is 0 Å². The minimum atomic E-state index is -3.74. The summed E-state index contributed by atoms with van der Waals surface area (Å²) in [6.07, 6.45) is 0. The maximum absolute atomic E-state index is 12.7. The molecule has 2 aromatic rings. The fourth-order valence-corrected chi connectivity index (χ4v) is 4.58. The third-order valence-electron chi connectivity index (χ3n) is 4.53. The highest BCUT2D eigenvalue weighted by Crippen LogP contribution is 2.22. The van der Waals surface area contributed by atoms with Crippen molar-refractivity contribution < 1.29 is 18.1 Å². The number of carbonyl (C=O) groups is 1. The first-order valence-electron chi connectivity index (χ1n) is 8.79. The Morgan fingerprint density at radius 1 is 1.07 bits per heavy atom. The number of sulfonamides is 1. The molecule has 29 heavy (non-hydrogen) atoms. The van der Waals surface area contributed by atoms with Gasteiger partial charge in [0.1, 0.15) is 0 Å². The first kappa shape index (κ1) is 21.2. The molecule has 0 atom stereocenters. The zero-order valence-electron chi connectivity index (χ0n) is 15.3. The smallest absolute Gasteiger partial charge is 0.269 e. The standard InChI is InChI=1S/C18H19ClN4O5S/c19-16-3-1-2-4-17(16)20-18(24)13-21-9-11-22(12-10-21)29(27,28)15-7-5-14(6-8-15)23(25)26/h1-8H,9-13H2,(H,20,24). The molecule has 1 saturated heterocycles. The fraction of sp³-hybridized carbons (Fsp3) is 0.278. The van der Waals surface area contributed by atoms with Crippen molar-refractivity contribution in [2.24, 2.45) is 0 Å². The van der Waals surface area contributed by atoms with Gasteiger partial charge >= 0.3 is 0 Å². The lowest BCUT2D eigenvalue weighted by atomic mass is 10.3. The number of nitro benzene ring substituents is 1. The summed E-state index contributed by atoms with van der Waals surface area (Å²) in [7, 11) is -3.74. The van der Waals surface area contributed by atoms with E-state index in [-0.39, 0.29) is 36.1 Å². The van der Waals surface area contributed by atoms with E-state index in [9.17, 15) is 23.3 Å². The molecule has 0 saturated carbocycles. The van der Waals surface area contributed by atoms with Crippen LogP contribution in [0.3, 0.4) is 0 Å². The Kier molecular flexibility index (Phi) is 6.48. The number of hydrogen-bond donors (Lipinski definition) is 1. The minimum absolute atomic E-state index is 0.00742. The summed E-state index contributed by atoms with van der Waals surface area (Å²) in [6.45, 7) is 1.35. The highest BCUT2D eigenvalue weighted by molar-refractivity contribution is 7.89. The SMILES string of the molecule is O=C(CN1CCN(S(=O)(=O)c2ccc([N+](=O)[O-])cc2)CC1)Nc1ccccc1Cl.